The van der Waals surface area contributed by atoms with Gasteiger partial charge in [0.2, 0.25) is 0 Å². The van der Waals surface area contributed by atoms with Gasteiger partial charge in [-0.25, -0.2) is 0 Å². The molecule has 0 atom stereocenters. The van der Waals surface area contributed by atoms with Crippen molar-refractivity contribution in [1.82, 2.24) is 9.55 Å². The standard InChI is InChI=1S/C21H20N3/c1-15-19(20-10-6-12-23(20)3)14-17-8-4-5-9-18(17)21(15)24-13-7-11-22-16(24)2/h4-14H,1-3H3/q+1. The van der Waals surface area contributed by atoms with Crippen LogP contribution in [0.4, 0.5) is 0 Å². The summed E-state index contributed by atoms with van der Waals surface area (Å²) < 4.78 is 4.35. The minimum absolute atomic E-state index is 0.981. The van der Waals surface area contributed by atoms with Gasteiger partial charge in [0.15, 0.2) is 0 Å². The number of fused-ring (bicyclic) bond motifs is 1. The van der Waals surface area contributed by atoms with Crippen molar-refractivity contribution >= 4 is 10.8 Å². The molecule has 118 valence electrons. The molecule has 0 aliphatic heterocycles. The normalized spacial score (nSPS) is 11.1. The highest BCUT2D eigenvalue weighted by Gasteiger charge is 2.19. The van der Waals surface area contributed by atoms with E-state index in [2.05, 4.69) is 82.9 Å². The molecule has 0 saturated heterocycles. The summed E-state index contributed by atoms with van der Waals surface area (Å²) in [5, 5.41) is 2.49. The second-order valence-corrected chi connectivity index (χ2v) is 6.16. The second kappa shape index (κ2) is 5.60. The molecular formula is C21H20N3+. The van der Waals surface area contributed by atoms with E-state index in [1.54, 1.807) is 0 Å². The summed E-state index contributed by atoms with van der Waals surface area (Å²) in [6.45, 7) is 4.24. The SMILES string of the molecule is Cc1c(-c2cccn2C)cc2ccccc2c1-[n+]1cccnc1C. The Kier molecular flexibility index (Phi) is 3.42. The quantitative estimate of drug-likeness (QED) is 0.510. The fourth-order valence-corrected chi connectivity index (χ4v) is 3.43. The summed E-state index contributed by atoms with van der Waals surface area (Å²) in [6.07, 6.45) is 6.02. The predicted octanol–water partition coefficient (Wildman–Crippen LogP) is 4.13. The van der Waals surface area contributed by atoms with Crippen LogP contribution in [0.3, 0.4) is 0 Å². The van der Waals surface area contributed by atoms with E-state index in [0.29, 0.717) is 0 Å². The Morgan fingerprint density at radius 1 is 1.00 bits per heavy atom. The van der Waals surface area contributed by atoms with Crippen LogP contribution in [0.5, 0.6) is 0 Å². The van der Waals surface area contributed by atoms with Crippen molar-refractivity contribution in [2.45, 2.75) is 13.8 Å². The molecule has 0 spiro atoms. The molecule has 0 saturated carbocycles. The molecule has 0 N–H and O–H groups in total. The number of benzene rings is 2. The summed E-state index contributed by atoms with van der Waals surface area (Å²) in [5.74, 6) is 0.981. The van der Waals surface area contributed by atoms with E-state index in [0.717, 1.165) is 5.82 Å². The lowest BCUT2D eigenvalue weighted by Crippen LogP contribution is -2.36. The number of rotatable bonds is 2. The van der Waals surface area contributed by atoms with Crippen molar-refractivity contribution < 1.29 is 4.57 Å². The zero-order valence-electron chi connectivity index (χ0n) is 14.2. The molecule has 0 unspecified atom stereocenters. The molecule has 2 aromatic heterocycles. The number of hydrogen-bond donors (Lipinski definition) is 0. The van der Waals surface area contributed by atoms with Gasteiger partial charge in [-0.1, -0.05) is 29.2 Å². The van der Waals surface area contributed by atoms with Gasteiger partial charge < -0.3 is 4.57 Å². The third-order valence-corrected chi connectivity index (χ3v) is 4.67. The Balaban J connectivity index is 2.14. The highest BCUT2D eigenvalue weighted by Crippen LogP contribution is 2.32. The Morgan fingerprint density at radius 2 is 1.83 bits per heavy atom. The predicted molar refractivity (Wildman–Crippen MR) is 97.2 cm³/mol. The van der Waals surface area contributed by atoms with Gasteiger partial charge in [-0.3, -0.25) is 0 Å². The molecule has 4 aromatic rings. The van der Waals surface area contributed by atoms with Crippen molar-refractivity contribution in [2.24, 2.45) is 7.05 Å². The van der Waals surface area contributed by atoms with Gasteiger partial charge in [-0.05, 0) is 30.5 Å². The molecule has 2 heterocycles. The van der Waals surface area contributed by atoms with Gasteiger partial charge in [0.1, 0.15) is 18.1 Å². The smallest absolute Gasteiger partial charge is 0.300 e. The van der Waals surface area contributed by atoms with Crippen molar-refractivity contribution in [3.8, 4) is 16.9 Å². The molecule has 0 fully saturated rings. The lowest BCUT2D eigenvalue weighted by atomic mass is 9.96. The summed E-state index contributed by atoms with van der Waals surface area (Å²) in [7, 11) is 2.09. The molecule has 2 aromatic carbocycles. The highest BCUT2D eigenvalue weighted by molar-refractivity contribution is 5.94. The first-order valence-corrected chi connectivity index (χ1v) is 8.14. The largest absolute Gasteiger partial charge is 0.351 e. The Morgan fingerprint density at radius 3 is 2.58 bits per heavy atom. The van der Waals surface area contributed by atoms with Gasteiger partial charge >= 0.3 is 0 Å². The highest BCUT2D eigenvalue weighted by atomic mass is 15.0. The zero-order chi connectivity index (χ0) is 16.7. The van der Waals surface area contributed by atoms with Crippen LogP contribution in [-0.2, 0) is 7.05 Å². The van der Waals surface area contributed by atoms with Gasteiger partial charge in [-0.2, -0.15) is 4.57 Å². The Bertz CT molecular complexity index is 1040. The average Bonchev–Trinajstić information content (AvgIpc) is 3.01. The molecule has 3 heteroatoms. The molecule has 4 rings (SSSR count). The van der Waals surface area contributed by atoms with Gasteiger partial charge in [0.25, 0.3) is 5.82 Å². The first kappa shape index (κ1) is 14.6. The summed E-state index contributed by atoms with van der Waals surface area (Å²) >= 11 is 0. The van der Waals surface area contributed by atoms with Crippen molar-refractivity contribution in [1.29, 1.82) is 0 Å². The van der Waals surface area contributed by atoms with Crippen LogP contribution in [-0.4, -0.2) is 9.55 Å². The molecule has 0 radical (unpaired) electrons. The van der Waals surface area contributed by atoms with E-state index in [-0.39, 0.29) is 0 Å². The molecule has 3 nitrogen and oxygen atoms in total. The molecule has 0 aliphatic rings. The zero-order valence-corrected chi connectivity index (χ0v) is 14.2. The third kappa shape index (κ3) is 2.21. The molecular weight excluding hydrogens is 294 g/mol. The molecule has 0 bridgehead atoms. The van der Waals surface area contributed by atoms with Gasteiger partial charge in [0.05, 0.1) is 0 Å². The van der Waals surface area contributed by atoms with Crippen LogP contribution in [0.25, 0.3) is 27.7 Å². The Labute approximate surface area is 141 Å². The van der Waals surface area contributed by atoms with Crippen molar-refractivity contribution in [2.75, 3.05) is 0 Å². The minimum atomic E-state index is 0.981. The van der Waals surface area contributed by atoms with Crippen LogP contribution in [0.2, 0.25) is 0 Å². The first-order valence-electron chi connectivity index (χ1n) is 8.14. The fraction of sp³-hybridized carbons (Fsp3) is 0.143. The number of aryl methyl sites for hydroxylation is 2. The monoisotopic (exact) mass is 314 g/mol. The second-order valence-electron chi connectivity index (χ2n) is 6.16. The van der Waals surface area contributed by atoms with Gasteiger partial charge in [0, 0.05) is 48.4 Å². The number of nitrogens with zero attached hydrogens (tertiary/aromatic N) is 3. The van der Waals surface area contributed by atoms with Crippen molar-refractivity contribution in [3.63, 3.8) is 0 Å². The maximum absolute atomic E-state index is 4.47. The maximum Gasteiger partial charge on any atom is 0.300 e. The minimum Gasteiger partial charge on any atom is -0.351 e. The molecule has 24 heavy (non-hydrogen) atoms. The van der Waals surface area contributed by atoms with E-state index < -0.39 is 0 Å². The van der Waals surface area contributed by atoms with Crippen molar-refractivity contribution in [3.05, 3.63) is 78.5 Å². The van der Waals surface area contributed by atoms with E-state index in [1.807, 2.05) is 19.2 Å². The third-order valence-electron chi connectivity index (χ3n) is 4.67. The van der Waals surface area contributed by atoms with Crippen LogP contribution in [0.1, 0.15) is 11.4 Å². The van der Waals surface area contributed by atoms with Crippen LogP contribution in [0, 0.1) is 13.8 Å². The van der Waals surface area contributed by atoms with E-state index in [1.165, 1.54) is 33.3 Å². The number of hydrogen-bond acceptors (Lipinski definition) is 1. The van der Waals surface area contributed by atoms with Crippen LogP contribution < -0.4 is 4.57 Å². The van der Waals surface area contributed by atoms with Crippen LogP contribution >= 0.6 is 0 Å². The summed E-state index contributed by atoms with van der Waals surface area (Å²) in [6, 6.07) is 17.1. The van der Waals surface area contributed by atoms with E-state index in [4.69, 9.17) is 0 Å². The summed E-state index contributed by atoms with van der Waals surface area (Å²) in [5.41, 5.74) is 4.94. The first-order chi connectivity index (χ1) is 11.7. The van der Waals surface area contributed by atoms with Crippen LogP contribution in [0.15, 0.2) is 67.1 Å². The lowest BCUT2D eigenvalue weighted by molar-refractivity contribution is -0.605. The van der Waals surface area contributed by atoms with Gasteiger partial charge in [-0.15, -0.1) is 0 Å². The van der Waals surface area contributed by atoms with E-state index in [9.17, 15) is 0 Å². The molecule has 0 aliphatic carbocycles. The topological polar surface area (TPSA) is 21.7 Å². The lowest BCUT2D eigenvalue weighted by Gasteiger charge is -2.15. The number of aromatic nitrogens is 3. The molecule has 0 amide bonds. The fourth-order valence-electron chi connectivity index (χ4n) is 3.43. The average molecular weight is 314 g/mol. The van der Waals surface area contributed by atoms with E-state index >= 15 is 0 Å². The summed E-state index contributed by atoms with van der Waals surface area (Å²) in [4.78, 5) is 4.47. The Hall–Kier alpha value is -2.94. The maximum atomic E-state index is 4.47.